The topological polar surface area (TPSA) is 54.0 Å². The van der Waals surface area contributed by atoms with Crippen LogP contribution >= 0.6 is 0 Å². The van der Waals surface area contributed by atoms with Crippen LogP contribution in [0.25, 0.3) is 11.1 Å². The average Bonchev–Trinajstić information content (AvgIpc) is 3.43. The zero-order valence-corrected chi connectivity index (χ0v) is 18.3. The molecular weight excluding hydrogens is 404 g/mol. The zero-order valence-electron chi connectivity index (χ0n) is 18.3. The van der Waals surface area contributed by atoms with Crippen LogP contribution in [0.3, 0.4) is 0 Å². The van der Waals surface area contributed by atoms with Gasteiger partial charge in [0.15, 0.2) is 0 Å². The van der Waals surface area contributed by atoms with E-state index in [1.807, 2.05) is 30.3 Å². The van der Waals surface area contributed by atoms with Crippen LogP contribution in [0.4, 0.5) is 0 Å². The highest BCUT2D eigenvalue weighted by Crippen LogP contribution is 2.43. The molecule has 164 valence electrons. The van der Waals surface area contributed by atoms with Gasteiger partial charge in [0.1, 0.15) is 23.4 Å². The maximum absolute atomic E-state index is 11.6. The largest absolute Gasteiger partial charge is 0.497 e. The summed E-state index contributed by atoms with van der Waals surface area (Å²) in [6, 6.07) is 20.6. The lowest BCUT2D eigenvalue weighted by Crippen LogP contribution is -2.09. The maximum Gasteiger partial charge on any atom is 0.306 e. The van der Waals surface area contributed by atoms with Crippen molar-refractivity contribution >= 4 is 5.97 Å². The van der Waals surface area contributed by atoms with Crippen molar-refractivity contribution in [2.24, 2.45) is 0 Å². The fourth-order valence-corrected chi connectivity index (χ4v) is 4.73. The predicted octanol–water partition coefficient (Wildman–Crippen LogP) is 5.47. The molecule has 5 heteroatoms. The van der Waals surface area contributed by atoms with Gasteiger partial charge in [-0.3, -0.25) is 4.79 Å². The van der Waals surface area contributed by atoms with Crippen LogP contribution in [0.1, 0.15) is 41.6 Å². The number of benzene rings is 3. The fourth-order valence-electron chi connectivity index (χ4n) is 4.73. The first-order valence-electron chi connectivity index (χ1n) is 10.9. The fraction of sp³-hybridized carbons (Fsp3) is 0.296. The number of esters is 1. The van der Waals surface area contributed by atoms with Gasteiger partial charge >= 0.3 is 5.97 Å². The van der Waals surface area contributed by atoms with E-state index in [2.05, 4.69) is 30.3 Å². The molecule has 0 spiro atoms. The van der Waals surface area contributed by atoms with Crippen LogP contribution in [-0.4, -0.2) is 26.8 Å². The molecule has 0 aromatic heterocycles. The van der Waals surface area contributed by atoms with E-state index in [-0.39, 0.29) is 18.0 Å². The van der Waals surface area contributed by atoms with Crippen LogP contribution in [0, 0.1) is 0 Å². The molecular formula is C27H26O5. The summed E-state index contributed by atoms with van der Waals surface area (Å²) >= 11 is 0. The minimum absolute atomic E-state index is 0.00789. The molecule has 5 rings (SSSR count). The van der Waals surface area contributed by atoms with Crippen LogP contribution < -0.4 is 14.2 Å². The van der Waals surface area contributed by atoms with E-state index >= 15 is 0 Å². The van der Waals surface area contributed by atoms with E-state index in [0.29, 0.717) is 13.0 Å². The van der Waals surface area contributed by atoms with Crippen molar-refractivity contribution in [2.75, 3.05) is 20.8 Å². The van der Waals surface area contributed by atoms with Gasteiger partial charge in [0.05, 0.1) is 27.2 Å². The van der Waals surface area contributed by atoms with Gasteiger partial charge in [-0.15, -0.1) is 0 Å². The lowest BCUT2D eigenvalue weighted by Gasteiger charge is -2.17. The quantitative estimate of drug-likeness (QED) is 0.486. The summed E-state index contributed by atoms with van der Waals surface area (Å²) in [5.41, 5.74) is 6.06. The number of fused-ring (bicyclic) bond motifs is 2. The highest BCUT2D eigenvalue weighted by molar-refractivity contribution is 5.71. The second-order valence-electron chi connectivity index (χ2n) is 8.23. The molecule has 0 saturated heterocycles. The Balaban J connectivity index is 1.35. The van der Waals surface area contributed by atoms with Gasteiger partial charge < -0.3 is 18.9 Å². The number of methoxy groups -OCH3 is 2. The van der Waals surface area contributed by atoms with Crippen molar-refractivity contribution in [2.45, 2.75) is 31.3 Å². The maximum atomic E-state index is 11.6. The monoisotopic (exact) mass is 430 g/mol. The summed E-state index contributed by atoms with van der Waals surface area (Å²) < 4.78 is 22.3. The molecule has 32 heavy (non-hydrogen) atoms. The molecule has 0 N–H and O–H groups in total. The highest BCUT2D eigenvalue weighted by Gasteiger charge is 2.29. The van der Waals surface area contributed by atoms with Gasteiger partial charge in [0.25, 0.3) is 0 Å². The summed E-state index contributed by atoms with van der Waals surface area (Å²) in [7, 11) is 3.09. The third-order valence-electron chi connectivity index (χ3n) is 6.40. The van der Waals surface area contributed by atoms with Crippen molar-refractivity contribution in [1.82, 2.24) is 0 Å². The Bertz CT molecular complexity index is 1140. The molecule has 1 aliphatic heterocycles. The third kappa shape index (κ3) is 3.79. The van der Waals surface area contributed by atoms with Gasteiger partial charge in [-0.25, -0.2) is 0 Å². The van der Waals surface area contributed by atoms with Crippen molar-refractivity contribution in [3.05, 3.63) is 77.4 Å². The second kappa shape index (κ2) is 8.58. The number of ether oxygens (including phenoxy) is 4. The lowest BCUT2D eigenvalue weighted by molar-refractivity contribution is -0.141. The smallest absolute Gasteiger partial charge is 0.306 e. The molecule has 2 atom stereocenters. The van der Waals surface area contributed by atoms with E-state index in [1.54, 1.807) is 7.11 Å². The van der Waals surface area contributed by atoms with Crippen LogP contribution in [0.2, 0.25) is 0 Å². The summed E-state index contributed by atoms with van der Waals surface area (Å²) in [6.45, 7) is 0.491. The van der Waals surface area contributed by atoms with Crippen molar-refractivity contribution < 1.29 is 23.7 Å². The summed E-state index contributed by atoms with van der Waals surface area (Å²) in [4.78, 5) is 11.6. The molecule has 3 aromatic rings. The molecule has 0 radical (unpaired) electrons. The van der Waals surface area contributed by atoms with Gasteiger partial charge in [0, 0.05) is 17.5 Å². The van der Waals surface area contributed by atoms with Crippen molar-refractivity contribution in [3.63, 3.8) is 0 Å². The molecule has 2 unspecified atom stereocenters. The lowest BCUT2D eigenvalue weighted by atomic mass is 9.96. The Morgan fingerprint density at radius 3 is 2.59 bits per heavy atom. The van der Waals surface area contributed by atoms with E-state index in [9.17, 15) is 4.79 Å². The summed E-state index contributed by atoms with van der Waals surface area (Å²) in [6.07, 6.45) is 2.25. The average molecular weight is 431 g/mol. The summed E-state index contributed by atoms with van der Waals surface area (Å²) in [5.74, 6) is 2.25. The Hall–Kier alpha value is -3.47. The Morgan fingerprint density at radius 1 is 1.00 bits per heavy atom. The first-order chi connectivity index (χ1) is 15.7. The molecule has 0 amide bonds. The normalized spacial score (nSPS) is 18.4. The number of carbonyl (C=O) groups excluding carboxylic acids is 1. The Labute approximate surface area is 187 Å². The second-order valence-corrected chi connectivity index (χ2v) is 8.23. The zero-order chi connectivity index (χ0) is 22.1. The third-order valence-corrected chi connectivity index (χ3v) is 6.40. The molecule has 1 heterocycles. The minimum Gasteiger partial charge on any atom is -0.497 e. The van der Waals surface area contributed by atoms with Gasteiger partial charge in [0.2, 0.25) is 0 Å². The Kier molecular flexibility index (Phi) is 5.48. The molecule has 0 bridgehead atoms. The van der Waals surface area contributed by atoms with Crippen LogP contribution in [0.5, 0.6) is 17.2 Å². The van der Waals surface area contributed by atoms with Crippen LogP contribution in [0.15, 0.2) is 60.7 Å². The van der Waals surface area contributed by atoms with Crippen molar-refractivity contribution in [3.8, 4) is 28.4 Å². The molecule has 5 nitrogen and oxygen atoms in total. The molecule has 3 aromatic carbocycles. The highest BCUT2D eigenvalue weighted by atomic mass is 16.5. The van der Waals surface area contributed by atoms with E-state index in [1.165, 1.54) is 29.4 Å². The number of hydrogen-bond acceptors (Lipinski definition) is 5. The molecule has 2 aliphatic rings. The number of rotatable bonds is 6. The SMILES string of the molecule is COC(=O)CC1COc2cc(OC3CCc4c(-c5ccc(OC)cc5)cccc43)ccc21. The first-order valence-corrected chi connectivity index (χ1v) is 10.9. The number of hydrogen-bond donors (Lipinski definition) is 0. The van der Waals surface area contributed by atoms with Crippen molar-refractivity contribution in [1.29, 1.82) is 0 Å². The first kappa shape index (κ1) is 20.4. The van der Waals surface area contributed by atoms with E-state index < -0.39 is 0 Å². The summed E-state index contributed by atoms with van der Waals surface area (Å²) in [5, 5.41) is 0. The standard InChI is InChI=1S/C27H26O5/c1-29-19-8-6-17(7-9-19)21-4-3-5-24-23(21)12-13-25(24)32-20-10-11-22-18(14-27(28)30-2)16-31-26(22)15-20/h3-11,15,18,25H,12-14,16H2,1-2H3. The molecule has 1 aliphatic carbocycles. The van der Waals surface area contributed by atoms with Gasteiger partial charge in [-0.2, -0.15) is 0 Å². The van der Waals surface area contributed by atoms with Gasteiger partial charge in [-0.1, -0.05) is 36.4 Å². The Morgan fingerprint density at radius 2 is 1.81 bits per heavy atom. The molecule has 0 fully saturated rings. The van der Waals surface area contributed by atoms with Crippen LogP contribution in [-0.2, 0) is 16.0 Å². The van der Waals surface area contributed by atoms with E-state index in [4.69, 9.17) is 18.9 Å². The van der Waals surface area contributed by atoms with Gasteiger partial charge in [-0.05, 0) is 53.3 Å². The molecule has 0 saturated carbocycles. The number of carbonyl (C=O) groups is 1. The minimum atomic E-state index is -0.220. The predicted molar refractivity (Wildman–Crippen MR) is 121 cm³/mol. The van der Waals surface area contributed by atoms with E-state index in [0.717, 1.165) is 35.7 Å².